The van der Waals surface area contributed by atoms with Gasteiger partial charge in [-0.3, -0.25) is 4.79 Å². The SMILES string of the molecule is CCc1nc(C2CCC(C(C)(C)C)CC2)n2nc(-c3cccc(F)c3)[nH]c(=O)c12. The van der Waals surface area contributed by atoms with Crippen LogP contribution in [-0.2, 0) is 6.42 Å². The molecule has 0 amide bonds. The van der Waals surface area contributed by atoms with Gasteiger partial charge in [0, 0.05) is 11.5 Å². The van der Waals surface area contributed by atoms with Gasteiger partial charge in [-0.05, 0) is 55.6 Å². The van der Waals surface area contributed by atoms with Crippen LogP contribution in [0, 0.1) is 17.2 Å². The molecule has 2 aromatic heterocycles. The normalized spacial score (nSPS) is 20.3. The molecule has 1 saturated carbocycles. The first-order chi connectivity index (χ1) is 13.8. The zero-order valence-corrected chi connectivity index (χ0v) is 17.6. The lowest BCUT2D eigenvalue weighted by molar-refractivity contribution is 0.167. The highest BCUT2D eigenvalue weighted by molar-refractivity contribution is 5.58. The van der Waals surface area contributed by atoms with E-state index >= 15 is 0 Å². The minimum Gasteiger partial charge on any atom is -0.303 e. The third kappa shape index (κ3) is 3.72. The summed E-state index contributed by atoms with van der Waals surface area (Å²) < 4.78 is 15.4. The van der Waals surface area contributed by atoms with Gasteiger partial charge in [0.05, 0.1) is 5.69 Å². The van der Waals surface area contributed by atoms with Crippen LogP contribution in [0.3, 0.4) is 0 Å². The molecule has 0 spiro atoms. The van der Waals surface area contributed by atoms with E-state index in [0.29, 0.717) is 34.7 Å². The fraction of sp³-hybridized carbons (Fsp3) is 0.522. The van der Waals surface area contributed by atoms with Crippen molar-refractivity contribution in [3.8, 4) is 11.4 Å². The third-order valence-corrected chi connectivity index (χ3v) is 6.35. The first kappa shape index (κ1) is 19.8. The Balaban J connectivity index is 1.78. The molecule has 2 heterocycles. The number of aryl methyl sites for hydroxylation is 1. The monoisotopic (exact) mass is 396 g/mol. The van der Waals surface area contributed by atoms with E-state index < -0.39 is 0 Å². The van der Waals surface area contributed by atoms with Crippen LogP contribution in [-0.4, -0.2) is 19.6 Å². The van der Waals surface area contributed by atoms with Gasteiger partial charge in [0.1, 0.15) is 11.6 Å². The smallest absolute Gasteiger partial charge is 0.277 e. The second kappa shape index (κ2) is 7.39. The first-order valence-electron chi connectivity index (χ1n) is 10.6. The maximum Gasteiger partial charge on any atom is 0.277 e. The van der Waals surface area contributed by atoms with Crippen molar-refractivity contribution in [2.45, 2.75) is 65.7 Å². The summed E-state index contributed by atoms with van der Waals surface area (Å²) in [6, 6.07) is 6.13. The van der Waals surface area contributed by atoms with Gasteiger partial charge < -0.3 is 4.98 Å². The third-order valence-electron chi connectivity index (χ3n) is 6.35. The minimum absolute atomic E-state index is 0.224. The first-order valence-corrected chi connectivity index (χ1v) is 10.6. The number of nitrogens with zero attached hydrogens (tertiary/aromatic N) is 3. The van der Waals surface area contributed by atoms with Gasteiger partial charge in [-0.15, -0.1) is 5.10 Å². The molecule has 0 unspecified atom stereocenters. The molecule has 0 atom stereocenters. The molecule has 1 aliphatic carbocycles. The Hall–Kier alpha value is -2.50. The van der Waals surface area contributed by atoms with Crippen molar-refractivity contribution >= 4 is 5.52 Å². The maximum atomic E-state index is 13.7. The van der Waals surface area contributed by atoms with Gasteiger partial charge in [-0.1, -0.05) is 39.8 Å². The lowest BCUT2D eigenvalue weighted by atomic mass is 9.70. The Labute approximate surface area is 170 Å². The molecule has 0 radical (unpaired) electrons. The summed E-state index contributed by atoms with van der Waals surface area (Å²) in [5, 5.41) is 4.69. The quantitative estimate of drug-likeness (QED) is 0.669. The number of imidazole rings is 1. The molecule has 0 bridgehead atoms. The number of rotatable bonds is 3. The van der Waals surface area contributed by atoms with Crippen molar-refractivity contribution in [1.82, 2.24) is 19.6 Å². The molecular weight excluding hydrogens is 367 g/mol. The summed E-state index contributed by atoms with van der Waals surface area (Å²) in [4.78, 5) is 20.5. The van der Waals surface area contributed by atoms with E-state index in [9.17, 15) is 9.18 Å². The highest BCUT2D eigenvalue weighted by Crippen LogP contribution is 2.43. The van der Waals surface area contributed by atoms with Gasteiger partial charge in [-0.2, -0.15) is 0 Å². The van der Waals surface area contributed by atoms with Gasteiger partial charge >= 0.3 is 0 Å². The van der Waals surface area contributed by atoms with E-state index in [1.54, 1.807) is 16.6 Å². The van der Waals surface area contributed by atoms with Crippen molar-refractivity contribution in [2.24, 2.45) is 11.3 Å². The lowest BCUT2D eigenvalue weighted by Gasteiger charge is -2.36. The summed E-state index contributed by atoms with van der Waals surface area (Å²) in [7, 11) is 0. The summed E-state index contributed by atoms with van der Waals surface area (Å²) in [5.74, 6) is 1.87. The molecule has 1 fully saturated rings. The standard InChI is InChI=1S/C23H29FN4O/c1-5-18-19-22(29)26-20(15-7-6-8-17(24)13-15)27-28(19)21(25-18)14-9-11-16(12-10-14)23(2,3)4/h6-8,13-14,16H,5,9-12H2,1-4H3,(H,26,27,29). The molecule has 0 saturated heterocycles. The summed E-state index contributed by atoms with van der Waals surface area (Å²) >= 11 is 0. The van der Waals surface area contributed by atoms with Gasteiger partial charge in [0.25, 0.3) is 5.56 Å². The van der Waals surface area contributed by atoms with E-state index in [4.69, 9.17) is 10.1 Å². The average Bonchev–Trinajstić information content (AvgIpc) is 3.07. The molecule has 0 aliphatic heterocycles. The van der Waals surface area contributed by atoms with E-state index in [1.807, 2.05) is 6.92 Å². The maximum absolute atomic E-state index is 13.7. The van der Waals surface area contributed by atoms with Crippen LogP contribution in [0.4, 0.5) is 4.39 Å². The minimum atomic E-state index is -0.356. The average molecular weight is 397 g/mol. The van der Waals surface area contributed by atoms with Gasteiger partial charge in [0.2, 0.25) is 0 Å². The second-order valence-corrected chi connectivity index (χ2v) is 9.26. The number of nitrogens with one attached hydrogen (secondary N) is 1. The summed E-state index contributed by atoms with van der Waals surface area (Å²) in [5.41, 5.74) is 1.93. The zero-order valence-electron chi connectivity index (χ0n) is 17.6. The van der Waals surface area contributed by atoms with Crippen molar-refractivity contribution in [2.75, 3.05) is 0 Å². The highest BCUT2D eigenvalue weighted by Gasteiger charge is 2.32. The van der Waals surface area contributed by atoms with Crippen LogP contribution in [0.1, 0.15) is 70.8 Å². The Morgan fingerprint density at radius 2 is 1.93 bits per heavy atom. The van der Waals surface area contributed by atoms with E-state index in [1.165, 1.54) is 12.1 Å². The number of hydrogen-bond acceptors (Lipinski definition) is 3. The van der Waals surface area contributed by atoms with Crippen LogP contribution in [0.25, 0.3) is 16.9 Å². The van der Waals surface area contributed by atoms with Crippen molar-refractivity contribution in [3.05, 3.63) is 52.0 Å². The van der Waals surface area contributed by atoms with Crippen molar-refractivity contribution in [1.29, 1.82) is 0 Å². The van der Waals surface area contributed by atoms with Crippen LogP contribution in [0.5, 0.6) is 0 Å². The van der Waals surface area contributed by atoms with E-state index in [2.05, 4.69) is 25.8 Å². The Bertz CT molecular complexity index is 1080. The number of benzene rings is 1. The van der Waals surface area contributed by atoms with Crippen LogP contribution in [0.15, 0.2) is 29.1 Å². The Morgan fingerprint density at radius 1 is 1.21 bits per heavy atom. The van der Waals surface area contributed by atoms with Gasteiger partial charge in [-0.25, -0.2) is 13.9 Å². The number of fused-ring (bicyclic) bond motifs is 1. The molecule has 1 aromatic carbocycles. The predicted octanol–water partition coefficient (Wildman–Crippen LogP) is 5.11. The highest BCUT2D eigenvalue weighted by atomic mass is 19.1. The largest absolute Gasteiger partial charge is 0.303 e. The fourth-order valence-electron chi connectivity index (χ4n) is 4.59. The number of aromatic nitrogens is 4. The second-order valence-electron chi connectivity index (χ2n) is 9.26. The molecule has 6 heteroatoms. The van der Waals surface area contributed by atoms with E-state index in [0.717, 1.165) is 37.2 Å². The molecule has 29 heavy (non-hydrogen) atoms. The van der Waals surface area contributed by atoms with Crippen LogP contribution >= 0.6 is 0 Å². The van der Waals surface area contributed by atoms with Crippen LogP contribution < -0.4 is 5.56 Å². The fourth-order valence-corrected chi connectivity index (χ4v) is 4.59. The van der Waals surface area contributed by atoms with Gasteiger partial charge in [0.15, 0.2) is 11.3 Å². The molecular formula is C23H29FN4O. The molecule has 4 rings (SSSR count). The van der Waals surface area contributed by atoms with Crippen molar-refractivity contribution < 1.29 is 4.39 Å². The zero-order chi connectivity index (χ0) is 20.8. The molecule has 5 nitrogen and oxygen atoms in total. The number of hydrogen-bond donors (Lipinski definition) is 1. The Kier molecular flexibility index (Phi) is 5.05. The number of halogens is 1. The summed E-state index contributed by atoms with van der Waals surface area (Å²) in [6.07, 6.45) is 5.09. The lowest BCUT2D eigenvalue weighted by Crippen LogP contribution is -2.26. The Morgan fingerprint density at radius 3 is 2.55 bits per heavy atom. The van der Waals surface area contributed by atoms with E-state index in [-0.39, 0.29) is 17.3 Å². The molecule has 154 valence electrons. The number of aromatic amines is 1. The van der Waals surface area contributed by atoms with Crippen LogP contribution in [0.2, 0.25) is 0 Å². The topological polar surface area (TPSA) is 63.1 Å². The van der Waals surface area contributed by atoms with Crippen molar-refractivity contribution in [3.63, 3.8) is 0 Å². The number of H-pyrrole nitrogens is 1. The molecule has 3 aromatic rings. The summed E-state index contributed by atoms with van der Waals surface area (Å²) in [6.45, 7) is 8.93. The molecule has 1 aliphatic rings. The predicted molar refractivity (Wildman–Crippen MR) is 113 cm³/mol. The molecule has 1 N–H and O–H groups in total.